The van der Waals surface area contributed by atoms with Crippen LogP contribution < -0.4 is 15.5 Å². The van der Waals surface area contributed by atoms with Crippen molar-refractivity contribution in [3.8, 4) is 0 Å². The lowest BCUT2D eigenvalue weighted by Gasteiger charge is -2.20. The van der Waals surface area contributed by atoms with Gasteiger partial charge in [-0.1, -0.05) is 18.2 Å². The molecule has 0 aromatic heterocycles. The number of anilines is 2. The van der Waals surface area contributed by atoms with Crippen LogP contribution in [0.5, 0.6) is 0 Å². The van der Waals surface area contributed by atoms with Gasteiger partial charge in [-0.15, -0.1) is 0 Å². The van der Waals surface area contributed by atoms with Gasteiger partial charge in [0.15, 0.2) is 0 Å². The van der Waals surface area contributed by atoms with Gasteiger partial charge in [-0.2, -0.15) is 13.2 Å². The molecular weight excluding hydrogens is 366 g/mol. The highest BCUT2D eigenvalue weighted by Crippen LogP contribution is 2.34. The summed E-state index contributed by atoms with van der Waals surface area (Å²) in [5, 5.41) is 14.6. The maximum atomic E-state index is 13.6. The van der Waals surface area contributed by atoms with Gasteiger partial charge in [-0.05, 0) is 24.3 Å². The Bertz CT molecular complexity index is 809. The molecule has 2 amide bonds. The first-order valence-corrected chi connectivity index (χ1v) is 7.95. The van der Waals surface area contributed by atoms with E-state index in [4.69, 9.17) is 0 Å². The van der Waals surface area contributed by atoms with Crippen molar-refractivity contribution in [2.75, 3.05) is 30.9 Å². The lowest BCUT2D eigenvalue weighted by molar-refractivity contribution is -0.137. The molecule has 9 heteroatoms. The van der Waals surface area contributed by atoms with Crippen LogP contribution in [0.1, 0.15) is 17.2 Å². The summed E-state index contributed by atoms with van der Waals surface area (Å²) in [6.07, 6.45) is -5.86. The van der Waals surface area contributed by atoms with Gasteiger partial charge in [0.05, 0.1) is 23.0 Å². The maximum absolute atomic E-state index is 13.6. The Morgan fingerprint density at radius 2 is 1.85 bits per heavy atom. The van der Waals surface area contributed by atoms with Crippen LogP contribution in [0.3, 0.4) is 0 Å². The molecule has 0 saturated heterocycles. The zero-order valence-electron chi connectivity index (χ0n) is 14.6. The summed E-state index contributed by atoms with van der Waals surface area (Å²) in [4.78, 5) is 13.6. The fourth-order valence-electron chi connectivity index (χ4n) is 2.41. The van der Waals surface area contributed by atoms with E-state index < -0.39 is 29.7 Å². The summed E-state index contributed by atoms with van der Waals surface area (Å²) >= 11 is 0. The van der Waals surface area contributed by atoms with Gasteiger partial charge in [0, 0.05) is 26.2 Å². The molecule has 27 heavy (non-hydrogen) atoms. The second-order valence-electron chi connectivity index (χ2n) is 6.00. The van der Waals surface area contributed by atoms with Crippen molar-refractivity contribution < 1.29 is 27.5 Å². The number of nitrogens with zero attached hydrogens (tertiary/aromatic N) is 1. The van der Waals surface area contributed by atoms with Crippen LogP contribution in [-0.2, 0) is 6.18 Å². The smallest absolute Gasteiger partial charge is 0.386 e. The number of urea groups is 1. The molecule has 1 unspecified atom stereocenters. The number of hydrogen-bond acceptors (Lipinski definition) is 3. The zero-order valence-corrected chi connectivity index (χ0v) is 14.6. The summed E-state index contributed by atoms with van der Waals surface area (Å²) in [6.45, 7) is -0.316. The molecule has 0 aliphatic heterocycles. The summed E-state index contributed by atoms with van der Waals surface area (Å²) in [5.74, 6) is -0.625. The molecule has 0 saturated carbocycles. The van der Waals surface area contributed by atoms with Gasteiger partial charge in [0.2, 0.25) is 0 Å². The first-order chi connectivity index (χ1) is 12.6. The number of alkyl halides is 3. The first-order valence-electron chi connectivity index (χ1n) is 7.95. The van der Waals surface area contributed by atoms with Gasteiger partial charge < -0.3 is 20.6 Å². The summed E-state index contributed by atoms with van der Waals surface area (Å²) < 4.78 is 52.3. The van der Waals surface area contributed by atoms with E-state index in [-0.39, 0.29) is 17.8 Å². The zero-order chi connectivity index (χ0) is 20.2. The van der Waals surface area contributed by atoms with Crippen molar-refractivity contribution in [1.82, 2.24) is 5.32 Å². The van der Waals surface area contributed by atoms with Crippen molar-refractivity contribution in [2.45, 2.75) is 12.3 Å². The molecule has 0 aliphatic rings. The molecule has 2 aromatic carbocycles. The average Bonchev–Trinajstić information content (AvgIpc) is 2.59. The van der Waals surface area contributed by atoms with E-state index >= 15 is 0 Å². The monoisotopic (exact) mass is 385 g/mol. The van der Waals surface area contributed by atoms with Crippen molar-refractivity contribution >= 4 is 17.4 Å². The second-order valence-corrected chi connectivity index (χ2v) is 6.00. The first kappa shape index (κ1) is 20.5. The maximum Gasteiger partial charge on any atom is 0.416 e. The molecular formula is C18H19F4N3O2. The molecule has 146 valence electrons. The minimum atomic E-state index is -4.56. The predicted molar refractivity (Wildman–Crippen MR) is 94.2 cm³/mol. The predicted octanol–water partition coefficient (Wildman–Crippen LogP) is 3.77. The van der Waals surface area contributed by atoms with Crippen molar-refractivity contribution in [3.63, 3.8) is 0 Å². The number of benzene rings is 2. The third-order valence-electron chi connectivity index (χ3n) is 3.77. The van der Waals surface area contributed by atoms with E-state index in [0.29, 0.717) is 5.69 Å². The van der Waals surface area contributed by atoms with Crippen LogP contribution in [-0.4, -0.2) is 31.8 Å². The van der Waals surface area contributed by atoms with Gasteiger partial charge in [-0.3, -0.25) is 0 Å². The highest BCUT2D eigenvalue weighted by atomic mass is 19.4. The Kier molecular flexibility index (Phi) is 6.27. The number of carbonyl (C=O) groups is 1. The fraction of sp³-hybridized carbons (Fsp3) is 0.278. The molecule has 0 heterocycles. The Morgan fingerprint density at radius 1 is 1.19 bits per heavy atom. The summed E-state index contributed by atoms with van der Waals surface area (Å²) in [7, 11) is 3.24. The number of halogens is 4. The Hall–Kier alpha value is -2.81. The van der Waals surface area contributed by atoms with Crippen LogP contribution in [0.4, 0.5) is 33.7 Å². The minimum Gasteiger partial charge on any atom is -0.386 e. The van der Waals surface area contributed by atoms with E-state index in [1.54, 1.807) is 19.0 Å². The average molecular weight is 385 g/mol. The third kappa shape index (κ3) is 5.33. The molecule has 0 bridgehead atoms. The second kappa shape index (κ2) is 8.26. The van der Waals surface area contributed by atoms with Crippen molar-refractivity contribution in [3.05, 3.63) is 59.4 Å². The molecule has 0 fully saturated rings. The van der Waals surface area contributed by atoms with E-state index in [0.717, 1.165) is 12.1 Å². The number of aliphatic hydroxyl groups excluding tert-OH is 1. The van der Waals surface area contributed by atoms with Crippen molar-refractivity contribution in [1.29, 1.82) is 0 Å². The molecule has 0 radical (unpaired) electrons. The highest BCUT2D eigenvalue weighted by molar-refractivity contribution is 5.93. The highest BCUT2D eigenvalue weighted by Gasteiger charge is 2.31. The molecule has 3 N–H and O–H groups in total. The van der Waals surface area contributed by atoms with E-state index in [2.05, 4.69) is 10.6 Å². The topological polar surface area (TPSA) is 64.6 Å². The summed E-state index contributed by atoms with van der Waals surface area (Å²) in [5.41, 5.74) is -0.582. The fourth-order valence-corrected chi connectivity index (χ4v) is 2.41. The lowest BCUT2D eigenvalue weighted by atomic mass is 10.1. The standard InChI is InChI=1S/C18H19F4N3O2/c1-25(2)15-8-7-11(18(20,21)22)9-14(15)24-17(27)23-10-16(26)12-5-3-4-6-13(12)19/h3-9,16,26H,10H2,1-2H3,(H2,23,24,27). The van der Waals surface area contributed by atoms with E-state index in [1.165, 1.54) is 30.3 Å². The van der Waals surface area contributed by atoms with Crippen LogP contribution >= 0.6 is 0 Å². The number of rotatable bonds is 5. The Balaban J connectivity index is 2.09. The molecule has 2 aromatic rings. The number of amides is 2. The third-order valence-corrected chi connectivity index (χ3v) is 3.77. The largest absolute Gasteiger partial charge is 0.416 e. The minimum absolute atomic E-state index is 0.00542. The van der Waals surface area contributed by atoms with Crippen LogP contribution in [0.25, 0.3) is 0 Å². The SMILES string of the molecule is CN(C)c1ccc(C(F)(F)F)cc1NC(=O)NCC(O)c1ccccc1F. The number of aliphatic hydroxyl groups is 1. The van der Waals surface area contributed by atoms with E-state index in [9.17, 15) is 27.5 Å². The van der Waals surface area contributed by atoms with Crippen LogP contribution in [0, 0.1) is 5.82 Å². The van der Waals surface area contributed by atoms with Gasteiger partial charge >= 0.3 is 12.2 Å². The van der Waals surface area contributed by atoms with Gasteiger partial charge in [0.25, 0.3) is 0 Å². The molecule has 0 spiro atoms. The van der Waals surface area contributed by atoms with Crippen molar-refractivity contribution in [2.24, 2.45) is 0 Å². The van der Waals surface area contributed by atoms with Crippen LogP contribution in [0.2, 0.25) is 0 Å². The number of hydrogen-bond donors (Lipinski definition) is 3. The molecule has 1 atom stereocenters. The summed E-state index contributed by atoms with van der Waals surface area (Å²) in [6, 6.07) is 7.69. The lowest BCUT2D eigenvalue weighted by Crippen LogP contribution is -2.33. The Morgan fingerprint density at radius 3 is 2.44 bits per heavy atom. The quantitative estimate of drug-likeness (QED) is 0.687. The molecule has 2 rings (SSSR count). The Labute approximate surface area is 153 Å². The number of nitrogens with one attached hydrogen (secondary N) is 2. The van der Waals surface area contributed by atoms with Gasteiger partial charge in [-0.25, -0.2) is 9.18 Å². The van der Waals surface area contributed by atoms with E-state index in [1.807, 2.05) is 0 Å². The normalized spacial score (nSPS) is 12.4. The molecule has 0 aliphatic carbocycles. The van der Waals surface area contributed by atoms with Crippen LogP contribution in [0.15, 0.2) is 42.5 Å². The molecule has 5 nitrogen and oxygen atoms in total. The van der Waals surface area contributed by atoms with Gasteiger partial charge in [0.1, 0.15) is 5.82 Å². The number of carbonyl (C=O) groups excluding carboxylic acids is 1.